The molecule has 1 aliphatic rings. The van der Waals surface area contributed by atoms with Gasteiger partial charge in [-0.15, -0.1) is 0 Å². The Kier molecular flexibility index (Phi) is 5.78. The molecule has 2 rings (SSSR count). The molecule has 0 aromatic heterocycles. The highest BCUT2D eigenvalue weighted by Gasteiger charge is 2.16. The van der Waals surface area contributed by atoms with E-state index in [0.717, 1.165) is 44.8 Å². The third-order valence-electron chi connectivity index (χ3n) is 4.05. The SMILES string of the molecule is CC(c1ccc(F)cc1Cl)N(C)CCN1CCNCC1. The van der Waals surface area contributed by atoms with Crippen LogP contribution < -0.4 is 5.32 Å². The molecule has 0 aliphatic carbocycles. The maximum absolute atomic E-state index is 13.1. The number of rotatable bonds is 5. The van der Waals surface area contributed by atoms with Crippen LogP contribution in [-0.2, 0) is 0 Å². The number of nitrogens with zero attached hydrogens (tertiary/aromatic N) is 2. The fourth-order valence-corrected chi connectivity index (χ4v) is 2.83. The first kappa shape index (κ1) is 15.7. The lowest BCUT2D eigenvalue weighted by Gasteiger charge is -2.31. The van der Waals surface area contributed by atoms with Crippen molar-refractivity contribution in [2.75, 3.05) is 46.3 Å². The summed E-state index contributed by atoms with van der Waals surface area (Å²) in [5, 5.41) is 3.86. The van der Waals surface area contributed by atoms with Gasteiger partial charge in [0.15, 0.2) is 0 Å². The molecule has 1 saturated heterocycles. The molecule has 1 atom stereocenters. The van der Waals surface area contributed by atoms with Crippen LogP contribution in [0.15, 0.2) is 18.2 Å². The van der Waals surface area contributed by atoms with Crippen LogP contribution in [0.3, 0.4) is 0 Å². The fourth-order valence-electron chi connectivity index (χ4n) is 2.51. The maximum Gasteiger partial charge on any atom is 0.124 e. The van der Waals surface area contributed by atoms with Crippen molar-refractivity contribution in [2.24, 2.45) is 0 Å². The summed E-state index contributed by atoms with van der Waals surface area (Å²) in [7, 11) is 2.09. The van der Waals surface area contributed by atoms with Crippen molar-refractivity contribution in [3.05, 3.63) is 34.6 Å². The van der Waals surface area contributed by atoms with E-state index < -0.39 is 0 Å². The molecule has 0 spiro atoms. The molecule has 0 saturated carbocycles. The van der Waals surface area contributed by atoms with Crippen molar-refractivity contribution in [3.63, 3.8) is 0 Å². The van der Waals surface area contributed by atoms with E-state index in [-0.39, 0.29) is 11.9 Å². The first-order valence-electron chi connectivity index (χ1n) is 7.16. The van der Waals surface area contributed by atoms with E-state index >= 15 is 0 Å². The summed E-state index contributed by atoms with van der Waals surface area (Å²) in [6.07, 6.45) is 0. The highest BCUT2D eigenvalue weighted by molar-refractivity contribution is 6.31. The Morgan fingerprint density at radius 1 is 1.40 bits per heavy atom. The molecule has 20 heavy (non-hydrogen) atoms. The lowest BCUT2D eigenvalue weighted by molar-refractivity contribution is 0.183. The van der Waals surface area contributed by atoms with E-state index in [1.165, 1.54) is 12.1 Å². The van der Waals surface area contributed by atoms with E-state index in [4.69, 9.17) is 11.6 Å². The molecule has 112 valence electrons. The molecule has 1 aromatic carbocycles. The third kappa shape index (κ3) is 4.16. The molecule has 1 fully saturated rings. The number of hydrogen-bond donors (Lipinski definition) is 1. The standard InChI is InChI=1S/C15H23ClFN3/c1-12(14-4-3-13(17)11-15(14)16)19(2)9-10-20-7-5-18-6-8-20/h3-4,11-12,18H,5-10H2,1-2H3. The van der Waals surface area contributed by atoms with Crippen molar-refractivity contribution in [1.82, 2.24) is 15.1 Å². The summed E-state index contributed by atoms with van der Waals surface area (Å²) in [5.41, 5.74) is 0.982. The van der Waals surface area contributed by atoms with Crippen molar-refractivity contribution >= 4 is 11.6 Å². The number of hydrogen-bond acceptors (Lipinski definition) is 3. The van der Waals surface area contributed by atoms with Crippen LogP contribution in [0.2, 0.25) is 5.02 Å². The minimum Gasteiger partial charge on any atom is -0.314 e. The summed E-state index contributed by atoms with van der Waals surface area (Å²) in [5.74, 6) is -0.283. The second-order valence-electron chi connectivity index (χ2n) is 5.41. The topological polar surface area (TPSA) is 18.5 Å². The normalized spacial score (nSPS) is 18.4. The summed E-state index contributed by atoms with van der Waals surface area (Å²) < 4.78 is 13.1. The fraction of sp³-hybridized carbons (Fsp3) is 0.600. The molecule has 0 bridgehead atoms. The van der Waals surface area contributed by atoms with E-state index in [0.29, 0.717) is 5.02 Å². The number of benzene rings is 1. The Balaban J connectivity index is 1.89. The largest absolute Gasteiger partial charge is 0.314 e. The average Bonchev–Trinajstić information content (AvgIpc) is 2.45. The minimum atomic E-state index is -0.283. The Morgan fingerprint density at radius 2 is 2.10 bits per heavy atom. The van der Waals surface area contributed by atoms with Gasteiger partial charge in [-0.1, -0.05) is 17.7 Å². The lowest BCUT2D eigenvalue weighted by atomic mass is 10.1. The van der Waals surface area contributed by atoms with Crippen LogP contribution in [0.1, 0.15) is 18.5 Å². The summed E-state index contributed by atoms with van der Waals surface area (Å²) in [4.78, 5) is 4.73. The van der Waals surface area contributed by atoms with Gasteiger partial charge in [-0.2, -0.15) is 0 Å². The molecular weight excluding hydrogens is 277 g/mol. The zero-order chi connectivity index (χ0) is 14.5. The summed E-state index contributed by atoms with van der Waals surface area (Å²) >= 11 is 6.13. The molecule has 0 amide bonds. The molecule has 1 unspecified atom stereocenters. The van der Waals surface area contributed by atoms with Crippen LogP contribution in [-0.4, -0.2) is 56.1 Å². The lowest BCUT2D eigenvalue weighted by Crippen LogP contribution is -2.46. The van der Waals surface area contributed by atoms with Crippen LogP contribution in [0.25, 0.3) is 0 Å². The molecule has 1 aliphatic heterocycles. The average molecular weight is 300 g/mol. The van der Waals surface area contributed by atoms with Crippen LogP contribution in [0.5, 0.6) is 0 Å². The Bertz CT molecular complexity index is 435. The quantitative estimate of drug-likeness (QED) is 0.900. The van der Waals surface area contributed by atoms with Gasteiger partial charge in [-0.25, -0.2) is 4.39 Å². The summed E-state index contributed by atoms with van der Waals surface area (Å²) in [6.45, 7) is 8.51. The third-order valence-corrected chi connectivity index (χ3v) is 4.38. The smallest absolute Gasteiger partial charge is 0.124 e. The number of nitrogens with one attached hydrogen (secondary N) is 1. The van der Waals surface area contributed by atoms with Crippen LogP contribution in [0.4, 0.5) is 4.39 Å². The van der Waals surface area contributed by atoms with Gasteiger partial charge in [0.25, 0.3) is 0 Å². The predicted octanol–water partition coefficient (Wildman–Crippen LogP) is 2.38. The molecule has 0 radical (unpaired) electrons. The first-order valence-corrected chi connectivity index (χ1v) is 7.54. The van der Waals surface area contributed by atoms with Gasteiger partial charge in [-0.3, -0.25) is 9.80 Å². The van der Waals surface area contributed by atoms with Gasteiger partial charge < -0.3 is 5.32 Å². The molecular formula is C15H23ClFN3. The second-order valence-corrected chi connectivity index (χ2v) is 5.82. The predicted molar refractivity (Wildman–Crippen MR) is 81.8 cm³/mol. The van der Waals surface area contributed by atoms with E-state index in [1.807, 2.05) is 0 Å². The van der Waals surface area contributed by atoms with Crippen LogP contribution in [0, 0.1) is 5.82 Å². The summed E-state index contributed by atoms with van der Waals surface area (Å²) in [6, 6.07) is 4.83. The van der Waals surface area contributed by atoms with Gasteiger partial charge >= 0.3 is 0 Å². The zero-order valence-corrected chi connectivity index (χ0v) is 13.0. The van der Waals surface area contributed by atoms with Crippen molar-refractivity contribution in [2.45, 2.75) is 13.0 Å². The Morgan fingerprint density at radius 3 is 2.75 bits per heavy atom. The number of piperazine rings is 1. The minimum absolute atomic E-state index is 0.186. The van der Waals surface area contributed by atoms with Crippen molar-refractivity contribution < 1.29 is 4.39 Å². The van der Waals surface area contributed by atoms with Crippen molar-refractivity contribution in [1.29, 1.82) is 0 Å². The monoisotopic (exact) mass is 299 g/mol. The number of halogens is 2. The van der Waals surface area contributed by atoms with E-state index in [1.54, 1.807) is 6.07 Å². The van der Waals surface area contributed by atoms with Gasteiger partial charge in [0, 0.05) is 50.3 Å². The molecule has 5 heteroatoms. The van der Waals surface area contributed by atoms with E-state index in [2.05, 4.69) is 29.1 Å². The highest BCUT2D eigenvalue weighted by Crippen LogP contribution is 2.27. The Labute approximate surface area is 125 Å². The highest BCUT2D eigenvalue weighted by atomic mass is 35.5. The molecule has 1 N–H and O–H groups in total. The zero-order valence-electron chi connectivity index (χ0n) is 12.2. The van der Waals surface area contributed by atoms with Crippen molar-refractivity contribution in [3.8, 4) is 0 Å². The van der Waals surface area contributed by atoms with Crippen LogP contribution >= 0.6 is 11.6 Å². The van der Waals surface area contributed by atoms with E-state index in [9.17, 15) is 4.39 Å². The van der Waals surface area contributed by atoms with Gasteiger partial charge in [0.05, 0.1) is 0 Å². The molecule has 1 heterocycles. The first-order chi connectivity index (χ1) is 9.58. The maximum atomic E-state index is 13.1. The molecule has 1 aromatic rings. The van der Waals surface area contributed by atoms with Gasteiger partial charge in [0.2, 0.25) is 0 Å². The number of likely N-dealkylation sites (N-methyl/N-ethyl adjacent to an activating group) is 1. The van der Waals surface area contributed by atoms with Gasteiger partial charge in [0.1, 0.15) is 5.82 Å². The molecule has 3 nitrogen and oxygen atoms in total. The Hall–Kier alpha value is -0.680. The second kappa shape index (κ2) is 7.36. The van der Waals surface area contributed by atoms with Gasteiger partial charge in [-0.05, 0) is 31.7 Å².